The van der Waals surface area contributed by atoms with Crippen molar-refractivity contribution in [2.24, 2.45) is 0 Å². The zero-order chi connectivity index (χ0) is 13.0. The molecule has 2 rings (SSSR count). The van der Waals surface area contributed by atoms with Gasteiger partial charge < -0.3 is 14.3 Å². The minimum absolute atomic E-state index is 0.540. The Kier molecular flexibility index (Phi) is 4.05. The molecule has 0 bridgehead atoms. The van der Waals surface area contributed by atoms with E-state index in [1.807, 2.05) is 37.3 Å². The molecule has 0 saturated carbocycles. The van der Waals surface area contributed by atoms with Gasteiger partial charge >= 0.3 is 0 Å². The maximum Gasteiger partial charge on any atom is 0.135 e. The van der Waals surface area contributed by atoms with Gasteiger partial charge in [0.05, 0.1) is 13.4 Å². The van der Waals surface area contributed by atoms with Crippen LogP contribution < -0.4 is 4.74 Å². The van der Waals surface area contributed by atoms with Crippen LogP contribution in [0.4, 0.5) is 0 Å². The molecule has 2 aromatic rings. The SMILES string of the molecule is COc1ccc(CCC(O)c2occc2C)cc1. The highest BCUT2D eigenvalue weighted by Crippen LogP contribution is 2.23. The summed E-state index contributed by atoms with van der Waals surface area (Å²) in [5.41, 5.74) is 2.18. The van der Waals surface area contributed by atoms with Crippen LogP contribution in [0.2, 0.25) is 0 Å². The van der Waals surface area contributed by atoms with Gasteiger partial charge in [0.15, 0.2) is 0 Å². The summed E-state index contributed by atoms with van der Waals surface area (Å²) in [6.45, 7) is 1.94. The predicted octanol–water partition coefficient (Wildman–Crippen LogP) is 3.26. The Hall–Kier alpha value is -1.74. The van der Waals surface area contributed by atoms with Crippen molar-refractivity contribution in [1.82, 2.24) is 0 Å². The third-order valence-electron chi connectivity index (χ3n) is 3.07. The molecular formula is C15H18O3. The number of rotatable bonds is 5. The average molecular weight is 246 g/mol. The van der Waals surface area contributed by atoms with Crippen LogP contribution in [-0.2, 0) is 6.42 Å². The Bertz CT molecular complexity index is 485. The number of methoxy groups -OCH3 is 1. The first kappa shape index (κ1) is 12.7. The van der Waals surface area contributed by atoms with Gasteiger partial charge in [0, 0.05) is 0 Å². The molecule has 0 aliphatic carbocycles. The normalized spacial score (nSPS) is 12.4. The summed E-state index contributed by atoms with van der Waals surface area (Å²) in [7, 11) is 1.65. The van der Waals surface area contributed by atoms with Gasteiger partial charge in [-0.1, -0.05) is 12.1 Å². The van der Waals surface area contributed by atoms with Crippen molar-refractivity contribution < 1.29 is 14.3 Å². The first-order valence-electron chi connectivity index (χ1n) is 6.05. The Morgan fingerprint density at radius 2 is 1.94 bits per heavy atom. The number of furan rings is 1. The zero-order valence-corrected chi connectivity index (χ0v) is 10.7. The lowest BCUT2D eigenvalue weighted by Crippen LogP contribution is -2.00. The molecule has 0 aliphatic rings. The number of hydrogen-bond acceptors (Lipinski definition) is 3. The number of aliphatic hydroxyl groups is 1. The van der Waals surface area contributed by atoms with Crippen LogP contribution in [0.15, 0.2) is 41.0 Å². The lowest BCUT2D eigenvalue weighted by atomic mass is 10.0. The van der Waals surface area contributed by atoms with Crippen LogP contribution >= 0.6 is 0 Å². The molecule has 1 unspecified atom stereocenters. The first-order chi connectivity index (χ1) is 8.70. The van der Waals surface area contributed by atoms with Crippen LogP contribution in [0.1, 0.15) is 29.4 Å². The van der Waals surface area contributed by atoms with Crippen LogP contribution in [0.25, 0.3) is 0 Å². The van der Waals surface area contributed by atoms with E-state index in [2.05, 4.69) is 0 Å². The molecule has 3 heteroatoms. The molecule has 1 aromatic heterocycles. The second-order valence-corrected chi connectivity index (χ2v) is 4.37. The lowest BCUT2D eigenvalue weighted by molar-refractivity contribution is 0.139. The highest BCUT2D eigenvalue weighted by Gasteiger charge is 2.13. The highest BCUT2D eigenvalue weighted by atomic mass is 16.5. The smallest absolute Gasteiger partial charge is 0.135 e. The summed E-state index contributed by atoms with van der Waals surface area (Å²) in [5.74, 6) is 1.52. The van der Waals surface area contributed by atoms with Gasteiger partial charge in [-0.2, -0.15) is 0 Å². The van der Waals surface area contributed by atoms with E-state index < -0.39 is 6.10 Å². The van der Waals surface area contributed by atoms with E-state index in [0.29, 0.717) is 12.2 Å². The molecule has 0 spiro atoms. The van der Waals surface area contributed by atoms with Gasteiger partial charge in [-0.05, 0) is 49.1 Å². The summed E-state index contributed by atoms with van der Waals surface area (Å²) in [5, 5.41) is 10.0. The fourth-order valence-electron chi connectivity index (χ4n) is 1.95. The maximum absolute atomic E-state index is 10.0. The fraction of sp³-hybridized carbons (Fsp3) is 0.333. The largest absolute Gasteiger partial charge is 0.497 e. The third-order valence-corrected chi connectivity index (χ3v) is 3.07. The van der Waals surface area contributed by atoms with Gasteiger partial charge in [0.1, 0.15) is 17.6 Å². The van der Waals surface area contributed by atoms with Crippen LogP contribution in [0.3, 0.4) is 0 Å². The monoisotopic (exact) mass is 246 g/mol. The van der Waals surface area contributed by atoms with Gasteiger partial charge in [-0.15, -0.1) is 0 Å². The second-order valence-electron chi connectivity index (χ2n) is 4.37. The maximum atomic E-state index is 10.0. The summed E-state index contributed by atoms with van der Waals surface area (Å²) < 4.78 is 10.4. The lowest BCUT2D eigenvalue weighted by Gasteiger charge is -2.09. The number of aliphatic hydroxyl groups excluding tert-OH is 1. The number of aryl methyl sites for hydroxylation is 2. The highest BCUT2D eigenvalue weighted by molar-refractivity contribution is 5.27. The summed E-state index contributed by atoms with van der Waals surface area (Å²) in [4.78, 5) is 0. The quantitative estimate of drug-likeness (QED) is 0.880. The Balaban J connectivity index is 1.93. The van der Waals surface area contributed by atoms with Crippen molar-refractivity contribution in [3.8, 4) is 5.75 Å². The molecule has 1 aromatic carbocycles. The molecule has 18 heavy (non-hydrogen) atoms. The molecule has 0 fully saturated rings. The minimum atomic E-state index is -0.540. The molecule has 3 nitrogen and oxygen atoms in total. The van der Waals surface area contributed by atoms with Gasteiger partial charge in [-0.25, -0.2) is 0 Å². The van der Waals surface area contributed by atoms with E-state index in [-0.39, 0.29) is 0 Å². The topological polar surface area (TPSA) is 42.6 Å². The van der Waals surface area contributed by atoms with Crippen molar-refractivity contribution in [2.45, 2.75) is 25.9 Å². The number of benzene rings is 1. The van der Waals surface area contributed by atoms with Crippen LogP contribution in [0, 0.1) is 6.92 Å². The van der Waals surface area contributed by atoms with E-state index in [4.69, 9.17) is 9.15 Å². The summed E-state index contributed by atoms with van der Waals surface area (Å²) in [6.07, 6.45) is 2.54. The van der Waals surface area contributed by atoms with E-state index in [0.717, 1.165) is 17.7 Å². The van der Waals surface area contributed by atoms with E-state index in [1.54, 1.807) is 13.4 Å². The average Bonchev–Trinajstić information content (AvgIpc) is 2.83. The number of hydrogen-bond donors (Lipinski definition) is 1. The first-order valence-corrected chi connectivity index (χ1v) is 6.05. The van der Waals surface area contributed by atoms with E-state index >= 15 is 0 Å². The van der Waals surface area contributed by atoms with Gasteiger partial charge in [0.25, 0.3) is 0 Å². The van der Waals surface area contributed by atoms with Crippen molar-refractivity contribution in [3.63, 3.8) is 0 Å². The second kappa shape index (κ2) is 5.74. The fourth-order valence-corrected chi connectivity index (χ4v) is 1.95. The molecule has 1 heterocycles. The molecular weight excluding hydrogens is 228 g/mol. The van der Waals surface area contributed by atoms with Crippen LogP contribution in [-0.4, -0.2) is 12.2 Å². The summed E-state index contributed by atoms with van der Waals surface area (Å²) >= 11 is 0. The minimum Gasteiger partial charge on any atom is -0.497 e. The standard InChI is InChI=1S/C15H18O3/c1-11-9-10-18-15(11)14(16)8-5-12-3-6-13(17-2)7-4-12/h3-4,6-7,9-10,14,16H,5,8H2,1-2H3. The predicted molar refractivity (Wildman–Crippen MR) is 69.7 cm³/mol. The molecule has 96 valence electrons. The van der Waals surface area contributed by atoms with E-state index in [9.17, 15) is 5.11 Å². The zero-order valence-electron chi connectivity index (χ0n) is 10.7. The Labute approximate surface area is 107 Å². The van der Waals surface area contributed by atoms with Crippen LogP contribution in [0.5, 0.6) is 5.75 Å². The number of ether oxygens (including phenoxy) is 1. The molecule has 0 aliphatic heterocycles. The Morgan fingerprint density at radius 1 is 1.22 bits per heavy atom. The van der Waals surface area contributed by atoms with Crippen molar-refractivity contribution in [3.05, 3.63) is 53.5 Å². The molecule has 0 amide bonds. The molecule has 0 radical (unpaired) electrons. The van der Waals surface area contributed by atoms with Gasteiger partial charge in [0.2, 0.25) is 0 Å². The molecule has 1 N–H and O–H groups in total. The molecule has 0 saturated heterocycles. The van der Waals surface area contributed by atoms with Crippen molar-refractivity contribution in [1.29, 1.82) is 0 Å². The Morgan fingerprint density at radius 3 is 2.50 bits per heavy atom. The molecule has 1 atom stereocenters. The third kappa shape index (κ3) is 2.93. The van der Waals surface area contributed by atoms with Crippen molar-refractivity contribution >= 4 is 0 Å². The summed E-state index contributed by atoms with van der Waals surface area (Å²) in [6, 6.07) is 9.76. The van der Waals surface area contributed by atoms with Crippen molar-refractivity contribution in [2.75, 3.05) is 7.11 Å². The van der Waals surface area contributed by atoms with E-state index in [1.165, 1.54) is 5.56 Å². The van der Waals surface area contributed by atoms with Gasteiger partial charge in [-0.3, -0.25) is 0 Å².